The summed E-state index contributed by atoms with van der Waals surface area (Å²) < 4.78 is 13.2. The summed E-state index contributed by atoms with van der Waals surface area (Å²) in [5.74, 6) is 0.545. The third kappa shape index (κ3) is 3.63. The number of hydrogen-bond acceptors (Lipinski definition) is 4. The highest BCUT2D eigenvalue weighted by atomic mass is 16.5. The van der Waals surface area contributed by atoms with Gasteiger partial charge in [-0.2, -0.15) is 0 Å². The Kier molecular flexibility index (Phi) is 5.12. The zero-order chi connectivity index (χ0) is 20.4. The van der Waals surface area contributed by atoms with E-state index in [9.17, 15) is 9.90 Å². The van der Waals surface area contributed by atoms with E-state index in [1.807, 2.05) is 47.9 Å². The summed E-state index contributed by atoms with van der Waals surface area (Å²) >= 11 is 0. The third-order valence-corrected chi connectivity index (χ3v) is 5.09. The second kappa shape index (κ2) is 7.87. The van der Waals surface area contributed by atoms with Crippen molar-refractivity contribution in [1.82, 2.24) is 4.57 Å². The average molecular weight is 389 g/mol. The minimum absolute atomic E-state index is 0.118. The molecule has 0 saturated carbocycles. The molecule has 5 nitrogen and oxygen atoms in total. The van der Waals surface area contributed by atoms with Crippen LogP contribution in [0.15, 0.2) is 60.7 Å². The molecule has 0 saturated heterocycles. The number of phenolic OH excluding ortho intramolecular Hbond substituents is 1. The number of nitrogens with zero attached hydrogens (tertiary/aromatic N) is 1. The fourth-order valence-corrected chi connectivity index (χ4v) is 3.73. The normalized spacial score (nSPS) is 11.1. The first kappa shape index (κ1) is 18.9. The molecule has 1 aromatic heterocycles. The predicted molar refractivity (Wildman–Crippen MR) is 114 cm³/mol. The summed E-state index contributed by atoms with van der Waals surface area (Å²) in [5, 5.41) is 12.9. The Morgan fingerprint density at radius 2 is 1.83 bits per heavy atom. The van der Waals surface area contributed by atoms with Crippen molar-refractivity contribution in [2.75, 3.05) is 13.2 Å². The van der Waals surface area contributed by atoms with Crippen LogP contribution in [0.5, 0.6) is 11.5 Å². The van der Waals surface area contributed by atoms with Gasteiger partial charge in [0.1, 0.15) is 18.1 Å². The van der Waals surface area contributed by atoms with E-state index in [-0.39, 0.29) is 11.7 Å². The van der Waals surface area contributed by atoms with Crippen LogP contribution in [0, 0.1) is 6.92 Å². The Labute approximate surface area is 169 Å². The van der Waals surface area contributed by atoms with Gasteiger partial charge in [0.25, 0.3) is 0 Å². The lowest BCUT2D eigenvalue weighted by Crippen LogP contribution is -2.11. The van der Waals surface area contributed by atoms with Crippen molar-refractivity contribution in [3.63, 3.8) is 0 Å². The first-order chi connectivity index (χ1) is 14.1. The van der Waals surface area contributed by atoms with Crippen LogP contribution in [-0.4, -0.2) is 28.9 Å². The van der Waals surface area contributed by atoms with E-state index in [4.69, 9.17) is 9.47 Å². The van der Waals surface area contributed by atoms with Crippen LogP contribution < -0.4 is 4.74 Å². The van der Waals surface area contributed by atoms with Gasteiger partial charge in [-0.05, 0) is 55.0 Å². The summed E-state index contributed by atoms with van der Waals surface area (Å²) in [6.45, 7) is 4.99. The Morgan fingerprint density at radius 1 is 1.03 bits per heavy atom. The van der Waals surface area contributed by atoms with Crippen molar-refractivity contribution in [3.05, 3.63) is 71.9 Å². The fourth-order valence-electron chi connectivity index (χ4n) is 3.73. The summed E-state index contributed by atoms with van der Waals surface area (Å²) in [4.78, 5) is 12.5. The number of aromatic hydroxyl groups is 1. The molecular weight excluding hydrogens is 366 g/mol. The van der Waals surface area contributed by atoms with Gasteiger partial charge in [0.05, 0.1) is 18.7 Å². The molecule has 0 atom stereocenters. The van der Waals surface area contributed by atoms with Gasteiger partial charge in [0, 0.05) is 16.6 Å². The van der Waals surface area contributed by atoms with Crippen LogP contribution in [0.4, 0.5) is 0 Å². The summed E-state index contributed by atoms with van der Waals surface area (Å²) in [7, 11) is 0. The number of benzene rings is 3. The topological polar surface area (TPSA) is 60.7 Å². The average Bonchev–Trinajstić information content (AvgIpc) is 2.99. The summed E-state index contributed by atoms with van der Waals surface area (Å²) in [6, 6.07) is 19.2. The maximum atomic E-state index is 12.5. The van der Waals surface area contributed by atoms with Gasteiger partial charge in [-0.25, -0.2) is 4.79 Å². The molecule has 0 aliphatic carbocycles. The molecule has 0 unspecified atom stereocenters. The Balaban J connectivity index is 1.60. The maximum Gasteiger partial charge on any atom is 0.340 e. The van der Waals surface area contributed by atoms with Crippen LogP contribution >= 0.6 is 0 Å². The van der Waals surface area contributed by atoms with Crippen molar-refractivity contribution < 1.29 is 19.4 Å². The quantitative estimate of drug-likeness (QED) is 0.468. The zero-order valence-electron chi connectivity index (χ0n) is 16.5. The number of esters is 1. The van der Waals surface area contributed by atoms with Gasteiger partial charge < -0.3 is 19.1 Å². The molecule has 148 valence electrons. The number of carbonyl (C=O) groups is 1. The van der Waals surface area contributed by atoms with Gasteiger partial charge in [0.2, 0.25) is 0 Å². The Bertz CT molecular complexity index is 1190. The molecule has 4 aromatic rings. The number of rotatable bonds is 6. The SMILES string of the molecule is CCOC(=O)c1c(C)n(CCOc2ccc3ccccc3c2)c2ccc(O)cc12. The van der Waals surface area contributed by atoms with Gasteiger partial charge in [-0.1, -0.05) is 30.3 Å². The summed E-state index contributed by atoms with van der Waals surface area (Å²) in [5.41, 5.74) is 2.15. The number of hydrogen-bond donors (Lipinski definition) is 1. The van der Waals surface area contributed by atoms with Crippen molar-refractivity contribution >= 4 is 27.6 Å². The predicted octanol–water partition coefficient (Wildman–Crippen LogP) is 5.06. The standard InChI is InChI=1S/C24H23NO4/c1-3-28-24(27)23-16(2)25(22-11-9-19(26)15-21(22)23)12-13-29-20-10-8-17-6-4-5-7-18(17)14-20/h4-11,14-15,26H,3,12-13H2,1-2H3. The molecule has 0 amide bonds. The van der Waals surface area contributed by atoms with Gasteiger partial charge in [-0.3, -0.25) is 0 Å². The molecule has 4 rings (SSSR count). The molecule has 3 aromatic carbocycles. The van der Waals surface area contributed by atoms with E-state index in [1.54, 1.807) is 19.1 Å². The first-order valence-corrected chi connectivity index (χ1v) is 9.69. The highest BCUT2D eigenvalue weighted by Gasteiger charge is 2.21. The van der Waals surface area contributed by atoms with E-state index >= 15 is 0 Å². The van der Waals surface area contributed by atoms with Crippen LogP contribution in [-0.2, 0) is 11.3 Å². The van der Waals surface area contributed by atoms with Crippen LogP contribution in [0.3, 0.4) is 0 Å². The van der Waals surface area contributed by atoms with Gasteiger partial charge in [-0.15, -0.1) is 0 Å². The number of fused-ring (bicyclic) bond motifs is 2. The lowest BCUT2D eigenvalue weighted by Gasteiger charge is -2.11. The second-order valence-electron chi connectivity index (χ2n) is 6.89. The third-order valence-electron chi connectivity index (χ3n) is 5.09. The van der Waals surface area contributed by atoms with Crippen molar-refractivity contribution in [2.45, 2.75) is 20.4 Å². The minimum atomic E-state index is -0.380. The first-order valence-electron chi connectivity index (χ1n) is 9.69. The zero-order valence-corrected chi connectivity index (χ0v) is 16.5. The van der Waals surface area contributed by atoms with Crippen LogP contribution in [0.1, 0.15) is 23.0 Å². The fraction of sp³-hybridized carbons (Fsp3) is 0.208. The molecule has 0 bridgehead atoms. The number of phenols is 1. The van der Waals surface area contributed by atoms with Gasteiger partial charge >= 0.3 is 5.97 Å². The van der Waals surface area contributed by atoms with E-state index < -0.39 is 0 Å². The maximum absolute atomic E-state index is 12.5. The Morgan fingerprint density at radius 3 is 2.62 bits per heavy atom. The molecule has 0 spiro atoms. The largest absolute Gasteiger partial charge is 0.508 e. The molecule has 0 aliphatic rings. The number of aromatic nitrogens is 1. The van der Waals surface area contributed by atoms with Crippen LogP contribution in [0.25, 0.3) is 21.7 Å². The molecule has 1 N–H and O–H groups in total. The van der Waals surface area contributed by atoms with Gasteiger partial charge in [0.15, 0.2) is 0 Å². The highest BCUT2D eigenvalue weighted by Crippen LogP contribution is 2.30. The molecule has 0 fully saturated rings. The highest BCUT2D eigenvalue weighted by molar-refractivity contribution is 6.06. The lowest BCUT2D eigenvalue weighted by molar-refractivity contribution is 0.0527. The van der Waals surface area contributed by atoms with Crippen molar-refractivity contribution in [1.29, 1.82) is 0 Å². The molecule has 0 radical (unpaired) electrons. The molecule has 5 heteroatoms. The number of ether oxygens (including phenoxy) is 2. The van der Waals surface area contributed by atoms with Crippen LogP contribution in [0.2, 0.25) is 0 Å². The molecule has 0 aliphatic heterocycles. The Hall–Kier alpha value is -3.47. The van der Waals surface area contributed by atoms with E-state index in [0.717, 1.165) is 22.3 Å². The molecular formula is C24H23NO4. The van der Waals surface area contributed by atoms with Crippen molar-refractivity contribution in [3.8, 4) is 11.5 Å². The summed E-state index contributed by atoms with van der Waals surface area (Å²) in [6.07, 6.45) is 0. The monoisotopic (exact) mass is 389 g/mol. The molecule has 29 heavy (non-hydrogen) atoms. The molecule has 1 heterocycles. The van der Waals surface area contributed by atoms with Crippen molar-refractivity contribution in [2.24, 2.45) is 0 Å². The number of carbonyl (C=O) groups excluding carboxylic acids is 1. The van der Waals surface area contributed by atoms with E-state index in [0.29, 0.717) is 30.7 Å². The van der Waals surface area contributed by atoms with E-state index in [2.05, 4.69) is 12.1 Å². The minimum Gasteiger partial charge on any atom is -0.508 e. The lowest BCUT2D eigenvalue weighted by atomic mass is 10.1. The second-order valence-corrected chi connectivity index (χ2v) is 6.89. The van der Waals surface area contributed by atoms with E-state index in [1.165, 1.54) is 5.39 Å². The smallest absolute Gasteiger partial charge is 0.340 e.